The van der Waals surface area contributed by atoms with E-state index in [9.17, 15) is 9.59 Å². The molecule has 124 valence electrons. The maximum absolute atomic E-state index is 12.5. The van der Waals surface area contributed by atoms with E-state index in [4.69, 9.17) is 11.6 Å². The van der Waals surface area contributed by atoms with Crippen molar-refractivity contribution in [1.29, 1.82) is 0 Å². The number of carbonyl (C=O) groups excluding carboxylic acids is 2. The Balaban J connectivity index is 1.54. The largest absolute Gasteiger partial charge is 0.340 e. The highest BCUT2D eigenvalue weighted by atomic mass is 35.5. The number of hydrogen-bond acceptors (Lipinski definition) is 3. The molecule has 0 bridgehead atoms. The van der Waals surface area contributed by atoms with Crippen LogP contribution in [0.3, 0.4) is 0 Å². The van der Waals surface area contributed by atoms with E-state index >= 15 is 0 Å². The molecule has 1 aromatic carbocycles. The molecular weight excluding hydrogens is 314 g/mol. The standard InChI is InChI=1S/C17H22ClN3O2/c1-19(2)11-17(23)21-9-13-8-20(10-15(13)21)16(22)7-12-3-5-14(18)6-4-12/h3-6,13,15H,7-11H2,1-2H3. The van der Waals surface area contributed by atoms with Crippen LogP contribution in [0, 0.1) is 5.92 Å². The number of amides is 2. The van der Waals surface area contributed by atoms with Crippen molar-refractivity contribution < 1.29 is 9.59 Å². The van der Waals surface area contributed by atoms with Gasteiger partial charge in [-0.1, -0.05) is 23.7 Å². The highest BCUT2D eigenvalue weighted by Gasteiger charge is 2.48. The first-order chi connectivity index (χ1) is 10.9. The van der Waals surface area contributed by atoms with Crippen molar-refractivity contribution in [2.75, 3.05) is 40.3 Å². The Bertz CT molecular complexity index is 602. The van der Waals surface area contributed by atoms with E-state index < -0.39 is 0 Å². The van der Waals surface area contributed by atoms with Gasteiger partial charge in [0.1, 0.15) is 0 Å². The van der Waals surface area contributed by atoms with Crippen LogP contribution < -0.4 is 0 Å². The lowest BCUT2D eigenvalue weighted by Gasteiger charge is -2.43. The molecule has 1 aromatic rings. The lowest BCUT2D eigenvalue weighted by Crippen LogP contribution is -2.59. The molecule has 2 atom stereocenters. The van der Waals surface area contributed by atoms with E-state index in [1.54, 1.807) is 12.1 Å². The number of fused-ring (bicyclic) bond motifs is 1. The van der Waals surface area contributed by atoms with Gasteiger partial charge in [-0.05, 0) is 31.8 Å². The van der Waals surface area contributed by atoms with E-state index in [-0.39, 0.29) is 17.9 Å². The van der Waals surface area contributed by atoms with Crippen molar-refractivity contribution in [3.8, 4) is 0 Å². The molecule has 0 aromatic heterocycles. The smallest absolute Gasteiger partial charge is 0.237 e. The van der Waals surface area contributed by atoms with Gasteiger partial charge in [0.05, 0.1) is 19.0 Å². The number of rotatable bonds is 4. The summed E-state index contributed by atoms with van der Waals surface area (Å²) in [7, 11) is 3.79. The summed E-state index contributed by atoms with van der Waals surface area (Å²) in [5, 5.41) is 0.676. The van der Waals surface area contributed by atoms with Crippen LogP contribution in [0.5, 0.6) is 0 Å². The predicted molar refractivity (Wildman–Crippen MR) is 89.3 cm³/mol. The first kappa shape index (κ1) is 16.3. The molecule has 6 heteroatoms. The molecule has 2 unspecified atom stereocenters. The van der Waals surface area contributed by atoms with Gasteiger partial charge in [0.25, 0.3) is 0 Å². The van der Waals surface area contributed by atoms with Crippen LogP contribution >= 0.6 is 11.6 Å². The van der Waals surface area contributed by atoms with Gasteiger partial charge in [0.15, 0.2) is 0 Å². The third-order valence-electron chi connectivity index (χ3n) is 4.63. The molecule has 0 spiro atoms. The van der Waals surface area contributed by atoms with Gasteiger partial charge in [-0.25, -0.2) is 0 Å². The van der Waals surface area contributed by atoms with Crippen LogP contribution in [-0.4, -0.2) is 72.8 Å². The van der Waals surface area contributed by atoms with Crippen molar-refractivity contribution in [2.24, 2.45) is 5.92 Å². The summed E-state index contributed by atoms with van der Waals surface area (Å²) in [5.41, 5.74) is 0.971. The minimum Gasteiger partial charge on any atom is -0.340 e. The molecule has 2 heterocycles. The van der Waals surface area contributed by atoms with Gasteiger partial charge in [-0.2, -0.15) is 0 Å². The average Bonchev–Trinajstić information content (AvgIpc) is 2.78. The second-order valence-electron chi connectivity index (χ2n) is 6.71. The summed E-state index contributed by atoms with van der Waals surface area (Å²) in [6.45, 7) is 2.64. The fourth-order valence-electron chi connectivity index (χ4n) is 3.38. The molecule has 2 fully saturated rings. The van der Waals surface area contributed by atoms with Crippen LogP contribution in [0.25, 0.3) is 0 Å². The first-order valence-electron chi connectivity index (χ1n) is 7.90. The monoisotopic (exact) mass is 335 g/mol. The molecule has 0 radical (unpaired) electrons. The fraction of sp³-hybridized carbons (Fsp3) is 0.529. The minimum absolute atomic E-state index is 0.127. The molecular formula is C17H22ClN3O2. The molecule has 2 amide bonds. The first-order valence-corrected chi connectivity index (χ1v) is 8.28. The molecule has 0 N–H and O–H groups in total. The van der Waals surface area contributed by atoms with E-state index in [0.717, 1.165) is 18.7 Å². The van der Waals surface area contributed by atoms with Crippen molar-refractivity contribution in [1.82, 2.24) is 14.7 Å². The second-order valence-corrected chi connectivity index (χ2v) is 7.15. The summed E-state index contributed by atoms with van der Waals surface area (Å²) in [5.74, 6) is 0.722. The summed E-state index contributed by atoms with van der Waals surface area (Å²) < 4.78 is 0. The Morgan fingerprint density at radius 3 is 2.48 bits per heavy atom. The highest BCUT2D eigenvalue weighted by molar-refractivity contribution is 6.30. The summed E-state index contributed by atoms with van der Waals surface area (Å²) in [6, 6.07) is 7.59. The minimum atomic E-state index is 0.127. The van der Waals surface area contributed by atoms with E-state index in [1.165, 1.54) is 0 Å². The van der Waals surface area contributed by atoms with Crippen molar-refractivity contribution in [3.63, 3.8) is 0 Å². The summed E-state index contributed by atoms with van der Waals surface area (Å²) in [6.07, 6.45) is 0.391. The zero-order chi connectivity index (χ0) is 16.6. The molecule has 0 aliphatic carbocycles. The predicted octanol–water partition coefficient (Wildman–Crippen LogP) is 1.11. The number of likely N-dealkylation sites (N-methyl/N-ethyl adjacent to an activating group) is 1. The van der Waals surface area contributed by atoms with Crippen molar-refractivity contribution in [3.05, 3.63) is 34.9 Å². The Morgan fingerprint density at radius 2 is 1.83 bits per heavy atom. The maximum Gasteiger partial charge on any atom is 0.237 e. The van der Waals surface area contributed by atoms with Gasteiger partial charge >= 0.3 is 0 Å². The normalized spacial score (nSPS) is 23.0. The summed E-state index contributed by atoms with van der Waals surface area (Å²) in [4.78, 5) is 30.3. The van der Waals surface area contributed by atoms with Crippen LogP contribution in [0.2, 0.25) is 5.02 Å². The van der Waals surface area contributed by atoms with Crippen LogP contribution in [0.1, 0.15) is 5.56 Å². The molecule has 2 saturated heterocycles. The SMILES string of the molecule is CN(C)CC(=O)N1CC2CN(C(=O)Cc3ccc(Cl)cc3)CC21. The number of hydrogen-bond donors (Lipinski definition) is 0. The van der Waals surface area contributed by atoms with E-state index in [0.29, 0.717) is 30.5 Å². The molecule has 2 aliphatic heterocycles. The lowest BCUT2D eigenvalue weighted by atomic mass is 9.92. The third kappa shape index (κ3) is 3.51. The maximum atomic E-state index is 12.5. The Kier molecular flexibility index (Phi) is 4.60. The number of carbonyl (C=O) groups is 2. The number of halogens is 1. The lowest BCUT2D eigenvalue weighted by molar-refractivity contribution is -0.142. The number of nitrogens with zero attached hydrogens (tertiary/aromatic N) is 3. The van der Waals surface area contributed by atoms with E-state index in [2.05, 4.69) is 0 Å². The van der Waals surface area contributed by atoms with Crippen molar-refractivity contribution in [2.45, 2.75) is 12.5 Å². The topological polar surface area (TPSA) is 43.9 Å². The fourth-order valence-corrected chi connectivity index (χ4v) is 3.50. The Labute approximate surface area is 141 Å². The quantitative estimate of drug-likeness (QED) is 0.828. The van der Waals surface area contributed by atoms with Gasteiger partial charge in [0.2, 0.25) is 11.8 Å². The Morgan fingerprint density at radius 1 is 1.13 bits per heavy atom. The molecule has 2 aliphatic rings. The van der Waals surface area contributed by atoms with Crippen LogP contribution in [-0.2, 0) is 16.0 Å². The van der Waals surface area contributed by atoms with Crippen molar-refractivity contribution >= 4 is 23.4 Å². The number of benzene rings is 1. The van der Waals surface area contributed by atoms with Gasteiger partial charge in [0, 0.05) is 30.6 Å². The highest BCUT2D eigenvalue weighted by Crippen LogP contribution is 2.32. The van der Waals surface area contributed by atoms with Gasteiger partial charge in [-0.3, -0.25) is 9.59 Å². The zero-order valence-electron chi connectivity index (χ0n) is 13.5. The van der Waals surface area contributed by atoms with Crippen LogP contribution in [0.15, 0.2) is 24.3 Å². The summed E-state index contributed by atoms with van der Waals surface area (Å²) >= 11 is 5.87. The molecule has 3 rings (SSSR count). The van der Waals surface area contributed by atoms with E-state index in [1.807, 2.05) is 40.9 Å². The average molecular weight is 336 g/mol. The number of likely N-dealkylation sites (tertiary alicyclic amines) is 2. The van der Waals surface area contributed by atoms with Gasteiger partial charge in [-0.15, -0.1) is 0 Å². The molecule has 23 heavy (non-hydrogen) atoms. The Hall–Kier alpha value is -1.59. The zero-order valence-corrected chi connectivity index (χ0v) is 14.3. The molecule has 0 saturated carbocycles. The second kappa shape index (κ2) is 6.49. The van der Waals surface area contributed by atoms with Crippen LogP contribution in [0.4, 0.5) is 0 Å². The third-order valence-corrected chi connectivity index (χ3v) is 4.88. The molecule has 5 nitrogen and oxygen atoms in total. The van der Waals surface area contributed by atoms with Gasteiger partial charge < -0.3 is 14.7 Å².